The molecule has 3 rings (SSSR count). The molecule has 1 aromatic heterocycles. The molecule has 2 atom stereocenters. The van der Waals surface area contributed by atoms with E-state index in [0.717, 1.165) is 22.5 Å². The van der Waals surface area contributed by atoms with E-state index in [1.165, 1.54) is 6.07 Å². The third-order valence-corrected chi connectivity index (χ3v) is 5.16. The summed E-state index contributed by atoms with van der Waals surface area (Å²) in [6.45, 7) is 8.15. The molecule has 29 heavy (non-hydrogen) atoms. The van der Waals surface area contributed by atoms with Crippen LogP contribution >= 0.6 is 0 Å². The van der Waals surface area contributed by atoms with Crippen LogP contribution in [-0.4, -0.2) is 17.5 Å². The minimum absolute atomic E-state index is 0.115. The second-order valence-corrected chi connectivity index (χ2v) is 8.65. The summed E-state index contributed by atoms with van der Waals surface area (Å²) in [5.74, 6) is -0.295. The highest BCUT2D eigenvalue weighted by atomic mass is 19.3. The van der Waals surface area contributed by atoms with Gasteiger partial charge < -0.3 is 10.6 Å². The lowest BCUT2D eigenvalue weighted by atomic mass is 9.89. The molecule has 0 fully saturated rings. The maximum atomic E-state index is 14.9. The summed E-state index contributed by atoms with van der Waals surface area (Å²) in [6.07, 6.45) is 1.46. The first-order valence-corrected chi connectivity index (χ1v) is 9.89. The zero-order chi connectivity index (χ0) is 21.2. The van der Waals surface area contributed by atoms with E-state index in [0.29, 0.717) is 12.0 Å². The number of hydrogen-bond acceptors (Lipinski definition) is 3. The van der Waals surface area contributed by atoms with E-state index in [9.17, 15) is 13.2 Å². The maximum Gasteiger partial charge on any atom is 0.240 e. The Labute approximate surface area is 170 Å². The van der Waals surface area contributed by atoms with Gasteiger partial charge in [-0.1, -0.05) is 32.9 Å². The van der Waals surface area contributed by atoms with Crippen LogP contribution in [0.1, 0.15) is 57.8 Å². The van der Waals surface area contributed by atoms with Gasteiger partial charge in [-0.25, -0.2) is 13.2 Å². The summed E-state index contributed by atoms with van der Waals surface area (Å²) in [7, 11) is 0. The number of pyridine rings is 1. The summed E-state index contributed by atoms with van der Waals surface area (Å²) in [5.41, 5.74) is 3.79. The summed E-state index contributed by atoms with van der Waals surface area (Å²) in [6, 6.07) is 8.56. The molecule has 3 nitrogen and oxygen atoms in total. The lowest BCUT2D eigenvalue weighted by Crippen LogP contribution is -2.23. The van der Waals surface area contributed by atoms with Gasteiger partial charge in [-0.2, -0.15) is 0 Å². The predicted octanol–water partition coefficient (Wildman–Crippen LogP) is 5.69. The molecule has 0 saturated carbocycles. The first-order chi connectivity index (χ1) is 13.6. The number of aromatic nitrogens is 1. The number of rotatable bonds is 6. The average Bonchev–Trinajstić information content (AvgIpc) is 3.07. The lowest BCUT2D eigenvalue weighted by Gasteiger charge is -2.19. The second-order valence-electron chi connectivity index (χ2n) is 8.65. The highest BCUT2D eigenvalue weighted by Crippen LogP contribution is 2.29. The molecule has 6 heteroatoms. The first kappa shape index (κ1) is 21.2. The van der Waals surface area contributed by atoms with Gasteiger partial charge in [0.2, 0.25) is 6.43 Å². The first-order valence-electron chi connectivity index (χ1n) is 9.89. The van der Waals surface area contributed by atoms with Crippen molar-refractivity contribution in [1.82, 2.24) is 15.6 Å². The van der Waals surface area contributed by atoms with Crippen LogP contribution < -0.4 is 10.6 Å². The third kappa shape index (κ3) is 5.31. The molecule has 1 aliphatic rings. The van der Waals surface area contributed by atoms with E-state index >= 15 is 0 Å². The van der Waals surface area contributed by atoms with E-state index in [1.807, 2.05) is 25.1 Å². The number of halogens is 3. The van der Waals surface area contributed by atoms with E-state index in [-0.39, 0.29) is 29.7 Å². The summed E-state index contributed by atoms with van der Waals surface area (Å²) >= 11 is 0. The number of benzene rings is 1. The second kappa shape index (κ2) is 8.47. The zero-order valence-corrected chi connectivity index (χ0v) is 17.3. The normalized spacial score (nSPS) is 17.8. The Bertz CT molecular complexity index is 887. The molecular weight excluding hydrogens is 375 g/mol. The van der Waals surface area contributed by atoms with Gasteiger partial charge >= 0.3 is 0 Å². The van der Waals surface area contributed by atoms with Crippen molar-refractivity contribution in [2.45, 2.75) is 64.5 Å². The Morgan fingerprint density at radius 2 is 1.97 bits per heavy atom. The summed E-state index contributed by atoms with van der Waals surface area (Å²) in [4.78, 5) is 4.40. The van der Waals surface area contributed by atoms with Crippen molar-refractivity contribution in [3.8, 4) is 11.1 Å². The minimum Gasteiger partial charge on any atom is -0.386 e. The topological polar surface area (TPSA) is 37.0 Å². The SMILES string of the molecule is CC(NC1=CNC(CC(F)F)C1)c1ccc(-c2ccnc(C(C)(C)C)c2)c(F)c1. The van der Waals surface area contributed by atoms with Gasteiger partial charge in [0.1, 0.15) is 5.82 Å². The van der Waals surface area contributed by atoms with Crippen LogP contribution in [0.25, 0.3) is 11.1 Å². The quantitative estimate of drug-likeness (QED) is 0.650. The Hall–Kier alpha value is -2.50. The average molecular weight is 403 g/mol. The van der Waals surface area contributed by atoms with Gasteiger partial charge in [-0.15, -0.1) is 0 Å². The van der Waals surface area contributed by atoms with Crippen LogP contribution in [0.4, 0.5) is 13.2 Å². The molecule has 2 N–H and O–H groups in total. The van der Waals surface area contributed by atoms with Crippen LogP contribution in [0.15, 0.2) is 48.4 Å². The van der Waals surface area contributed by atoms with E-state index < -0.39 is 6.43 Å². The van der Waals surface area contributed by atoms with Crippen LogP contribution in [-0.2, 0) is 5.41 Å². The van der Waals surface area contributed by atoms with Gasteiger partial charge in [-0.05, 0) is 36.2 Å². The van der Waals surface area contributed by atoms with E-state index in [1.54, 1.807) is 18.5 Å². The highest BCUT2D eigenvalue weighted by Gasteiger charge is 2.22. The van der Waals surface area contributed by atoms with Crippen LogP contribution in [0.3, 0.4) is 0 Å². The van der Waals surface area contributed by atoms with Crippen molar-refractivity contribution in [3.63, 3.8) is 0 Å². The molecule has 0 aliphatic carbocycles. The molecule has 1 aromatic carbocycles. The monoisotopic (exact) mass is 403 g/mol. The summed E-state index contributed by atoms with van der Waals surface area (Å²) < 4.78 is 39.9. The highest BCUT2D eigenvalue weighted by molar-refractivity contribution is 5.65. The standard InChI is InChI=1S/C23H28F3N3/c1-14(29-18-11-17(28-13-18)12-22(25)26)15-5-6-19(20(24)9-15)16-7-8-27-21(10-16)23(2,3)4/h5-10,13-14,17,22,28-29H,11-12H2,1-4H3. The van der Waals surface area contributed by atoms with Gasteiger partial charge in [0.15, 0.2) is 0 Å². The Balaban J connectivity index is 1.71. The van der Waals surface area contributed by atoms with Gasteiger partial charge in [0.05, 0.1) is 0 Å². The molecule has 0 radical (unpaired) electrons. The molecule has 2 aromatic rings. The van der Waals surface area contributed by atoms with Crippen molar-refractivity contribution in [3.05, 3.63) is 65.5 Å². The fourth-order valence-corrected chi connectivity index (χ4v) is 3.47. The fourth-order valence-electron chi connectivity index (χ4n) is 3.47. The number of nitrogens with zero attached hydrogens (tertiary/aromatic N) is 1. The van der Waals surface area contributed by atoms with Crippen molar-refractivity contribution in [2.24, 2.45) is 0 Å². The Morgan fingerprint density at radius 3 is 2.62 bits per heavy atom. The smallest absolute Gasteiger partial charge is 0.240 e. The molecular formula is C23H28F3N3. The minimum atomic E-state index is -2.33. The zero-order valence-electron chi connectivity index (χ0n) is 17.3. The molecule has 2 unspecified atom stereocenters. The largest absolute Gasteiger partial charge is 0.386 e. The number of nitrogens with one attached hydrogen (secondary N) is 2. The molecule has 156 valence electrons. The van der Waals surface area contributed by atoms with Crippen LogP contribution in [0.2, 0.25) is 0 Å². The van der Waals surface area contributed by atoms with Gasteiger partial charge in [-0.3, -0.25) is 4.98 Å². The fraction of sp³-hybridized carbons (Fsp3) is 0.435. The third-order valence-electron chi connectivity index (χ3n) is 5.16. The predicted molar refractivity (Wildman–Crippen MR) is 110 cm³/mol. The van der Waals surface area contributed by atoms with Crippen molar-refractivity contribution in [2.75, 3.05) is 0 Å². The Kier molecular flexibility index (Phi) is 6.20. The van der Waals surface area contributed by atoms with Gasteiger partial charge in [0.25, 0.3) is 0 Å². The summed E-state index contributed by atoms with van der Waals surface area (Å²) in [5, 5.41) is 6.26. The van der Waals surface area contributed by atoms with Crippen LogP contribution in [0.5, 0.6) is 0 Å². The van der Waals surface area contributed by atoms with Gasteiger partial charge in [0, 0.05) is 59.7 Å². The molecule has 0 amide bonds. The van der Waals surface area contributed by atoms with Crippen molar-refractivity contribution >= 4 is 0 Å². The maximum absolute atomic E-state index is 14.9. The van der Waals surface area contributed by atoms with E-state index in [2.05, 4.69) is 36.4 Å². The number of hydrogen-bond donors (Lipinski definition) is 2. The molecule has 2 heterocycles. The Morgan fingerprint density at radius 1 is 1.21 bits per heavy atom. The molecule has 0 bridgehead atoms. The number of alkyl halides is 2. The van der Waals surface area contributed by atoms with Crippen molar-refractivity contribution in [1.29, 1.82) is 0 Å². The molecule has 1 aliphatic heterocycles. The van der Waals surface area contributed by atoms with Crippen LogP contribution in [0, 0.1) is 5.82 Å². The lowest BCUT2D eigenvalue weighted by molar-refractivity contribution is 0.126. The van der Waals surface area contributed by atoms with Crippen molar-refractivity contribution < 1.29 is 13.2 Å². The molecule has 0 spiro atoms. The van der Waals surface area contributed by atoms with E-state index in [4.69, 9.17) is 0 Å². The molecule has 0 saturated heterocycles.